The van der Waals surface area contributed by atoms with E-state index in [4.69, 9.17) is 23.7 Å². The number of aliphatic hydroxyl groups excluding tert-OH is 11. The third-order valence-electron chi connectivity index (χ3n) is 6.10. The minimum atomic E-state index is -1.90. The highest BCUT2D eigenvalue weighted by atomic mass is 16.8. The van der Waals surface area contributed by atoms with Gasteiger partial charge in [0.2, 0.25) is 0 Å². The zero-order valence-electron chi connectivity index (χ0n) is 17.7. The van der Waals surface area contributed by atoms with Crippen LogP contribution in [0, 0.1) is 0 Å². The normalized spacial score (nSPS) is 52.5. The molecule has 200 valence electrons. The Morgan fingerprint density at radius 1 is 0.441 bits per heavy atom. The highest BCUT2D eigenvalue weighted by Gasteiger charge is 2.53. The van der Waals surface area contributed by atoms with Crippen molar-refractivity contribution < 1.29 is 79.9 Å². The molecular weight excluding hydrogens is 472 g/mol. The van der Waals surface area contributed by atoms with Crippen molar-refractivity contribution in [1.82, 2.24) is 0 Å². The molecule has 0 aromatic heterocycles. The summed E-state index contributed by atoms with van der Waals surface area (Å²) in [6, 6.07) is 0. The topological polar surface area (TPSA) is 269 Å². The molecule has 3 saturated heterocycles. The molecule has 0 aromatic carbocycles. The maximum Gasteiger partial charge on any atom is 0.187 e. The minimum absolute atomic E-state index is 0.734. The molecule has 11 N–H and O–H groups in total. The van der Waals surface area contributed by atoms with Crippen molar-refractivity contribution >= 4 is 0 Å². The summed E-state index contributed by atoms with van der Waals surface area (Å²) < 4.78 is 26.5. The Kier molecular flexibility index (Phi) is 9.54. The average Bonchev–Trinajstić information content (AvgIpc) is 2.83. The second kappa shape index (κ2) is 11.6. The quantitative estimate of drug-likeness (QED) is 0.154. The largest absolute Gasteiger partial charge is 0.394 e. The van der Waals surface area contributed by atoms with E-state index in [9.17, 15) is 56.2 Å². The van der Waals surface area contributed by atoms with Gasteiger partial charge in [-0.15, -0.1) is 0 Å². The summed E-state index contributed by atoms with van der Waals surface area (Å²) in [6.07, 6.45) is -25.7. The highest BCUT2D eigenvalue weighted by Crippen LogP contribution is 2.32. The summed E-state index contributed by atoms with van der Waals surface area (Å²) in [4.78, 5) is 0. The molecule has 0 radical (unpaired) electrons. The van der Waals surface area contributed by atoms with E-state index >= 15 is 0 Å². The van der Waals surface area contributed by atoms with Gasteiger partial charge in [-0.3, -0.25) is 0 Å². The highest BCUT2D eigenvalue weighted by molar-refractivity contribution is 4.95. The second-order valence-electron chi connectivity index (χ2n) is 8.33. The maximum absolute atomic E-state index is 10.6. The van der Waals surface area contributed by atoms with Crippen molar-refractivity contribution in [2.45, 2.75) is 92.1 Å². The van der Waals surface area contributed by atoms with E-state index in [0.717, 1.165) is 0 Å². The van der Waals surface area contributed by atoms with Gasteiger partial charge in [0.1, 0.15) is 73.2 Å². The number of hydrogen-bond donors (Lipinski definition) is 11. The summed E-state index contributed by atoms with van der Waals surface area (Å²) in [5.74, 6) is 0. The van der Waals surface area contributed by atoms with Crippen LogP contribution in [0.2, 0.25) is 0 Å². The lowest BCUT2D eigenvalue weighted by Gasteiger charge is -2.48. The zero-order valence-corrected chi connectivity index (χ0v) is 17.7. The summed E-state index contributed by atoms with van der Waals surface area (Å²) in [5, 5.41) is 109. The molecule has 15 atom stereocenters. The Bertz CT molecular complexity index is 639. The van der Waals surface area contributed by atoms with Gasteiger partial charge in [-0.05, 0) is 0 Å². The minimum Gasteiger partial charge on any atom is -0.394 e. The first-order valence-corrected chi connectivity index (χ1v) is 10.6. The first-order valence-electron chi connectivity index (χ1n) is 10.6. The fraction of sp³-hybridized carbons (Fsp3) is 1.00. The lowest BCUT2D eigenvalue weighted by molar-refractivity contribution is -0.391. The van der Waals surface area contributed by atoms with Crippen LogP contribution in [0.1, 0.15) is 0 Å². The van der Waals surface area contributed by atoms with Crippen LogP contribution in [-0.4, -0.2) is 168 Å². The van der Waals surface area contributed by atoms with E-state index in [1.165, 1.54) is 0 Å². The Morgan fingerprint density at radius 3 is 1.38 bits per heavy atom. The van der Waals surface area contributed by atoms with Crippen molar-refractivity contribution in [1.29, 1.82) is 0 Å². The Morgan fingerprint density at radius 2 is 0.853 bits per heavy atom. The van der Waals surface area contributed by atoms with Gasteiger partial charge in [-0.2, -0.15) is 0 Å². The van der Waals surface area contributed by atoms with Crippen LogP contribution >= 0.6 is 0 Å². The van der Waals surface area contributed by atoms with Crippen LogP contribution in [0.25, 0.3) is 0 Å². The van der Waals surface area contributed by atoms with Gasteiger partial charge in [0.25, 0.3) is 0 Å². The fourth-order valence-corrected chi connectivity index (χ4v) is 4.02. The third-order valence-corrected chi connectivity index (χ3v) is 6.10. The monoisotopic (exact) mass is 504 g/mol. The molecule has 3 aliphatic heterocycles. The van der Waals surface area contributed by atoms with Crippen LogP contribution < -0.4 is 0 Å². The first-order chi connectivity index (χ1) is 16.0. The molecule has 0 aliphatic carbocycles. The van der Waals surface area contributed by atoms with Gasteiger partial charge in [0.15, 0.2) is 18.9 Å². The van der Waals surface area contributed by atoms with Crippen molar-refractivity contribution in [3.63, 3.8) is 0 Å². The number of hydrogen-bond acceptors (Lipinski definition) is 16. The van der Waals surface area contributed by atoms with Crippen LogP contribution in [0.15, 0.2) is 0 Å². The smallest absolute Gasteiger partial charge is 0.187 e. The second-order valence-corrected chi connectivity index (χ2v) is 8.33. The number of aliphatic hydroxyl groups is 11. The molecule has 0 bridgehead atoms. The van der Waals surface area contributed by atoms with Crippen molar-refractivity contribution in [2.75, 3.05) is 19.8 Å². The van der Waals surface area contributed by atoms with E-state index in [-0.39, 0.29) is 0 Å². The molecule has 3 fully saturated rings. The Hall–Kier alpha value is -0.640. The van der Waals surface area contributed by atoms with Gasteiger partial charge in [0, 0.05) is 0 Å². The Labute approximate surface area is 192 Å². The lowest BCUT2D eigenvalue weighted by atomic mass is 9.96. The van der Waals surface area contributed by atoms with Crippen LogP contribution in [0.4, 0.5) is 0 Å². The maximum atomic E-state index is 10.6. The lowest BCUT2D eigenvalue weighted by Crippen LogP contribution is -2.66. The summed E-state index contributed by atoms with van der Waals surface area (Å²) in [5.41, 5.74) is 0. The van der Waals surface area contributed by atoms with Crippen molar-refractivity contribution in [2.24, 2.45) is 0 Å². The molecule has 34 heavy (non-hydrogen) atoms. The molecule has 16 heteroatoms. The average molecular weight is 504 g/mol. The van der Waals surface area contributed by atoms with E-state index < -0.39 is 112 Å². The van der Waals surface area contributed by atoms with E-state index in [0.29, 0.717) is 0 Å². The fourth-order valence-electron chi connectivity index (χ4n) is 4.02. The van der Waals surface area contributed by atoms with E-state index in [2.05, 4.69) is 0 Å². The van der Waals surface area contributed by atoms with Gasteiger partial charge in [-0.1, -0.05) is 0 Å². The van der Waals surface area contributed by atoms with E-state index in [1.54, 1.807) is 0 Å². The number of rotatable bonds is 7. The van der Waals surface area contributed by atoms with Crippen LogP contribution in [0.5, 0.6) is 0 Å². The summed E-state index contributed by atoms with van der Waals surface area (Å²) in [6.45, 7) is -2.31. The molecule has 0 amide bonds. The van der Waals surface area contributed by atoms with Crippen molar-refractivity contribution in [3.8, 4) is 0 Å². The van der Waals surface area contributed by atoms with Crippen LogP contribution in [-0.2, 0) is 23.7 Å². The summed E-state index contributed by atoms with van der Waals surface area (Å²) >= 11 is 0. The molecule has 3 rings (SSSR count). The zero-order chi connectivity index (χ0) is 25.3. The van der Waals surface area contributed by atoms with Gasteiger partial charge < -0.3 is 79.9 Å². The third kappa shape index (κ3) is 5.37. The molecule has 3 aliphatic rings. The van der Waals surface area contributed by atoms with Gasteiger partial charge in [0.05, 0.1) is 19.8 Å². The number of ether oxygens (including phenoxy) is 5. The van der Waals surface area contributed by atoms with Gasteiger partial charge >= 0.3 is 0 Å². The predicted molar refractivity (Wildman–Crippen MR) is 101 cm³/mol. The first kappa shape index (κ1) is 27.9. The molecular formula is C18H32O16. The SMILES string of the molecule is OC[C@H]1O[C@H](O[C@@H]2[C@@H](O[C@H]3[C@@H](O)[C@H](O)[C@@H](CO)O[C@@H]3O)O[C@H](CO)[C@@H](O)[C@@H]2O)[C@@H](O)[C@@H](O)[C@@H]1O. The van der Waals surface area contributed by atoms with Crippen LogP contribution in [0.3, 0.4) is 0 Å². The van der Waals surface area contributed by atoms with Gasteiger partial charge in [-0.25, -0.2) is 0 Å². The molecule has 0 aromatic rings. The standard InChI is InChI=1S/C18H32O16/c19-1-4-8(23)11(26)14(16(29)30-4)33-18-15(12(27)9(24)6(3-21)32-18)34-17-13(28)10(25)7(22)5(2-20)31-17/h4-29H,1-3H2/t4-,5-,6-,7-,8-,9-,10+,11+,12+,13+,14+,15+,16+,17-,18-/m1/s1. The molecule has 3 heterocycles. The molecule has 16 nitrogen and oxygen atoms in total. The van der Waals surface area contributed by atoms with Crippen molar-refractivity contribution in [3.05, 3.63) is 0 Å². The molecule has 0 saturated carbocycles. The summed E-state index contributed by atoms with van der Waals surface area (Å²) in [7, 11) is 0. The molecule has 0 unspecified atom stereocenters. The predicted octanol–water partition coefficient (Wildman–Crippen LogP) is -7.57. The Balaban J connectivity index is 1.82. The molecule has 0 spiro atoms. The van der Waals surface area contributed by atoms with E-state index in [1.807, 2.05) is 0 Å².